The fourth-order valence-electron chi connectivity index (χ4n) is 5.70. The van der Waals surface area contributed by atoms with Crippen molar-refractivity contribution in [1.82, 2.24) is 14.8 Å². The van der Waals surface area contributed by atoms with Gasteiger partial charge in [-0.15, -0.1) is 0 Å². The molecule has 1 saturated heterocycles. The van der Waals surface area contributed by atoms with Crippen molar-refractivity contribution in [2.45, 2.75) is 44.9 Å². The zero-order valence-electron chi connectivity index (χ0n) is 21.9. The number of pyridine rings is 1. The van der Waals surface area contributed by atoms with E-state index in [1.165, 1.54) is 36.7 Å². The number of amidine groups is 1. The third-order valence-corrected chi connectivity index (χ3v) is 8.40. The maximum Gasteiger partial charge on any atom is 0.215 e. The van der Waals surface area contributed by atoms with Gasteiger partial charge in [-0.1, -0.05) is 54.0 Å². The van der Waals surface area contributed by atoms with Gasteiger partial charge in [-0.25, -0.2) is 4.39 Å². The van der Waals surface area contributed by atoms with Crippen LogP contribution in [0.15, 0.2) is 65.2 Å². The molecule has 8 heteroatoms. The number of hydrogen-bond donors (Lipinski definition) is 0. The Morgan fingerprint density at radius 2 is 1.95 bits per heavy atom. The number of fused-ring (bicyclic) bond motifs is 1. The molecule has 2 atom stereocenters. The highest BCUT2D eigenvalue weighted by Gasteiger charge is 2.37. The molecule has 2 unspecified atom stereocenters. The summed E-state index contributed by atoms with van der Waals surface area (Å²) in [5.41, 5.74) is 1.80. The Labute approximate surface area is 229 Å². The van der Waals surface area contributed by atoms with Gasteiger partial charge in [-0.3, -0.25) is 9.89 Å². The summed E-state index contributed by atoms with van der Waals surface area (Å²) >= 11 is 5.85. The minimum absolute atomic E-state index is 0.110. The van der Waals surface area contributed by atoms with Crippen LogP contribution in [0.1, 0.15) is 31.7 Å². The van der Waals surface area contributed by atoms with Gasteiger partial charge < -0.3 is 14.5 Å². The normalized spacial score (nSPS) is 23.7. The molecule has 2 fully saturated rings. The molecule has 1 aromatic heterocycles. The lowest BCUT2D eigenvalue weighted by atomic mass is 9.84. The first kappa shape index (κ1) is 25.4. The molecule has 0 spiro atoms. The number of aliphatic imine (C=N–C) groups is 1. The van der Waals surface area contributed by atoms with Crippen LogP contribution < -0.4 is 9.64 Å². The van der Waals surface area contributed by atoms with Gasteiger partial charge in [-0.05, 0) is 43.9 Å². The summed E-state index contributed by atoms with van der Waals surface area (Å²) in [6.45, 7) is 8.03. The van der Waals surface area contributed by atoms with Crippen LogP contribution in [0.25, 0.3) is 0 Å². The van der Waals surface area contributed by atoms with Gasteiger partial charge in [0.1, 0.15) is 24.1 Å². The third kappa shape index (κ3) is 5.59. The van der Waals surface area contributed by atoms with Gasteiger partial charge in [0, 0.05) is 49.4 Å². The molecule has 0 amide bonds. The molecule has 2 aliphatic heterocycles. The van der Waals surface area contributed by atoms with Crippen LogP contribution in [0.3, 0.4) is 0 Å². The van der Waals surface area contributed by atoms with Crippen LogP contribution in [0.2, 0.25) is 5.02 Å². The predicted octanol–water partition coefficient (Wildman–Crippen LogP) is 5.34. The summed E-state index contributed by atoms with van der Waals surface area (Å²) in [6, 6.07) is 11.0. The van der Waals surface area contributed by atoms with Gasteiger partial charge in [0.25, 0.3) is 0 Å². The number of halogens is 2. The van der Waals surface area contributed by atoms with Gasteiger partial charge in [-0.2, -0.15) is 4.98 Å². The maximum atomic E-state index is 14.1. The monoisotopic (exact) mass is 535 g/mol. The Morgan fingerprint density at radius 3 is 2.71 bits per heavy atom. The molecule has 38 heavy (non-hydrogen) atoms. The first-order chi connectivity index (χ1) is 18.5. The highest BCUT2D eigenvalue weighted by molar-refractivity contribution is 6.30. The summed E-state index contributed by atoms with van der Waals surface area (Å²) in [6.07, 6.45) is 11.0. The summed E-state index contributed by atoms with van der Waals surface area (Å²) in [4.78, 5) is 17.3. The molecule has 2 aliphatic carbocycles. The number of hydrogen-bond acceptors (Lipinski definition) is 6. The first-order valence-corrected chi connectivity index (χ1v) is 14.1. The zero-order chi connectivity index (χ0) is 26.1. The predicted molar refractivity (Wildman–Crippen MR) is 151 cm³/mol. The molecule has 6 nitrogen and oxygen atoms in total. The second kappa shape index (κ2) is 11.1. The fourth-order valence-corrected chi connectivity index (χ4v) is 5.86. The summed E-state index contributed by atoms with van der Waals surface area (Å²) in [7, 11) is 0. The van der Waals surface area contributed by atoms with Crippen LogP contribution in [0.4, 0.5) is 10.2 Å². The van der Waals surface area contributed by atoms with Gasteiger partial charge in [0.05, 0.1) is 18.6 Å². The topological polar surface area (TPSA) is 44.2 Å². The molecule has 0 bridgehead atoms. The summed E-state index contributed by atoms with van der Waals surface area (Å²) in [5.74, 6) is 3.07. The second-order valence-electron chi connectivity index (χ2n) is 10.9. The molecule has 3 heterocycles. The van der Waals surface area contributed by atoms with Gasteiger partial charge in [0.15, 0.2) is 0 Å². The second-order valence-corrected chi connectivity index (χ2v) is 11.3. The number of nitrogens with zero attached hydrogens (tertiary/aromatic N) is 5. The molecular weight excluding hydrogens is 501 g/mol. The molecular formula is C30H35ClFN5O. The lowest BCUT2D eigenvalue weighted by Crippen LogP contribution is -2.51. The van der Waals surface area contributed by atoms with Crippen molar-refractivity contribution in [2.75, 3.05) is 44.2 Å². The average Bonchev–Trinajstić information content (AvgIpc) is 3.22. The minimum atomic E-state index is -0.371. The minimum Gasteiger partial charge on any atom is -0.473 e. The highest BCUT2D eigenvalue weighted by atomic mass is 35.5. The van der Waals surface area contributed by atoms with Gasteiger partial charge >= 0.3 is 0 Å². The number of rotatable bonds is 8. The van der Waals surface area contributed by atoms with E-state index >= 15 is 0 Å². The van der Waals surface area contributed by atoms with Crippen LogP contribution in [-0.2, 0) is 6.61 Å². The standard InChI is InChI=1S/C30H35ClFN5O/c1-21-8-11-26-27(16-21)37(18-22-4-2-5-22)29(33-26)19-35-12-14-36(15-13-35)28-6-3-7-30(34-28)38-20-23-9-10-24(31)17-25(23)32/h3,6-11,16-17,22,26-27H,2,4-5,12-15,18-20H2,1H3. The number of aromatic nitrogens is 1. The van der Waals surface area contributed by atoms with Crippen molar-refractivity contribution in [3.63, 3.8) is 0 Å². The van der Waals surface area contributed by atoms with E-state index in [9.17, 15) is 4.39 Å². The molecule has 1 saturated carbocycles. The quantitative estimate of drug-likeness (QED) is 0.456. The van der Waals surface area contributed by atoms with Crippen molar-refractivity contribution in [3.8, 4) is 5.88 Å². The number of ether oxygens (including phenoxy) is 1. The summed E-state index contributed by atoms with van der Waals surface area (Å²) in [5, 5.41) is 0.374. The van der Waals surface area contributed by atoms with Crippen LogP contribution >= 0.6 is 11.6 Å². The van der Waals surface area contributed by atoms with E-state index in [1.54, 1.807) is 12.1 Å². The van der Waals surface area contributed by atoms with Crippen molar-refractivity contribution in [3.05, 3.63) is 76.6 Å². The van der Waals surface area contributed by atoms with Crippen molar-refractivity contribution < 1.29 is 9.13 Å². The molecule has 1 aromatic carbocycles. The number of piperazine rings is 1. The number of anilines is 1. The molecule has 2 aromatic rings. The van der Waals surface area contributed by atoms with E-state index < -0.39 is 0 Å². The largest absolute Gasteiger partial charge is 0.473 e. The van der Waals surface area contributed by atoms with E-state index in [1.807, 2.05) is 18.2 Å². The molecule has 0 N–H and O–H groups in total. The lowest BCUT2D eigenvalue weighted by Gasteiger charge is -2.39. The van der Waals surface area contributed by atoms with Gasteiger partial charge in [0.2, 0.25) is 5.88 Å². The SMILES string of the molecule is CC1=CC2C(C=C1)N=C(CN1CCN(c3cccc(OCc4ccc(Cl)cc4F)n3)CC1)N2CC1CCC1. The number of allylic oxidation sites excluding steroid dienone is 2. The van der Waals surface area contributed by atoms with E-state index in [-0.39, 0.29) is 18.5 Å². The molecule has 0 radical (unpaired) electrons. The maximum absolute atomic E-state index is 14.1. The van der Waals surface area contributed by atoms with Crippen LogP contribution in [-0.4, -0.2) is 72.0 Å². The lowest BCUT2D eigenvalue weighted by molar-refractivity contribution is 0.215. The molecule has 4 aliphatic rings. The summed E-state index contributed by atoms with van der Waals surface area (Å²) < 4.78 is 19.9. The Balaban J connectivity index is 1.05. The van der Waals surface area contributed by atoms with Crippen molar-refractivity contribution in [1.29, 1.82) is 0 Å². The van der Waals surface area contributed by atoms with E-state index in [2.05, 4.69) is 39.9 Å². The Morgan fingerprint density at radius 1 is 1.11 bits per heavy atom. The van der Waals surface area contributed by atoms with Crippen molar-refractivity contribution >= 4 is 23.3 Å². The fraction of sp³-hybridized carbons (Fsp3) is 0.467. The van der Waals surface area contributed by atoms with Crippen LogP contribution in [0.5, 0.6) is 5.88 Å². The van der Waals surface area contributed by atoms with E-state index in [0.29, 0.717) is 22.5 Å². The van der Waals surface area contributed by atoms with E-state index in [4.69, 9.17) is 26.3 Å². The van der Waals surface area contributed by atoms with Crippen LogP contribution in [0, 0.1) is 11.7 Å². The smallest absolute Gasteiger partial charge is 0.215 e. The Bertz CT molecular complexity index is 1250. The third-order valence-electron chi connectivity index (χ3n) is 8.17. The molecule has 200 valence electrons. The highest BCUT2D eigenvalue weighted by Crippen LogP contribution is 2.32. The van der Waals surface area contributed by atoms with Crippen molar-refractivity contribution in [2.24, 2.45) is 10.9 Å². The first-order valence-electron chi connectivity index (χ1n) is 13.7. The zero-order valence-corrected chi connectivity index (χ0v) is 22.7. The Kier molecular flexibility index (Phi) is 7.39. The average molecular weight is 536 g/mol. The van der Waals surface area contributed by atoms with E-state index in [0.717, 1.165) is 51.0 Å². The number of benzene rings is 1. The Hall–Kier alpha value is -2.90. The molecule has 6 rings (SSSR count).